The summed E-state index contributed by atoms with van der Waals surface area (Å²) >= 11 is 0. The SMILES string of the molecule is CC1(c2cncn2CCn2ccnn2)CCNC1. The van der Waals surface area contributed by atoms with Gasteiger partial charge in [-0.2, -0.15) is 0 Å². The van der Waals surface area contributed by atoms with E-state index in [0.717, 1.165) is 26.2 Å². The fourth-order valence-electron chi connectivity index (χ4n) is 2.60. The highest BCUT2D eigenvalue weighted by molar-refractivity contribution is 5.17. The maximum Gasteiger partial charge on any atom is 0.0949 e. The van der Waals surface area contributed by atoms with Gasteiger partial charge in [0.25, 0.3) is 0 Å². The summed E-state index contributed by atoms with van der Waals surface area (Å²) in [5.74, 6) is 0. The number of imidazole rings is 1. The van der Waals surface area contributed by atoms with E-state index in [1.165, 1.54) is 12.1 Å². The van der Waals surface area contributed by atoms with Crippen molar-refractivity contribution >= 4 is 0 Å². The smallest absolute Gasteiger partial charge is 0.0949 e. The molecule has 1 fully saturated rings. The number of nitrogens with one attached hydrogen (secondary N) is 1. The fourth-order valence-corrected chi connectivity index (χ4v) is 2.60. The van der Waals surface area contributed by atoms with Crippen molar-refractivity contribution in [1.29, 1.82) is 0 Å². The predicted octanol–water partition coefficient (Wildman–Crippen LogP) is 0.426. The van der Waals surface area contributed by atoms with Gasteiger partial charge < -0.3 is 9.88 Å². The molecule has 0 aromatic carbocycles. The normalized spacial score (nSPS) is 23.6. The fraction of sp³-hybridized carbons (Fsp3) is 0.583. The minimum absolute atomic E-state index is 0.207. The lowest BCUT2D eigenvalue weighted by atomic mass is 9.86. The monoisotopic (exact) mass is 246 g/mol. The summed E-state index contributed by atoms with van der Waals surface area (Å²) in [6.45, 7) is 6.13. The van der Waals surface area contributed by atoms with Gasteiger partial charge in [0.15, 0.2) is 0 Å². The van der Waals surface area contributed by atoms with E-state index < -0.39 is 0 Å². The van der Waals surface area contributed by atoms with Crippen molar-refractivity contribution in [2.75, 3.05) is 13.1 Å². The first kappa shape index (κ1) is 11.4. The number of rotatable bonds is 4. The third-order valence-electron chi connectivity index (χ3n) is 3.74. The van der Waals surface area contributed by atoms with E-state index in [2.05, 4.69) is 32.1 Å². The third kappa shape index (κ3) is 2.03. The lowest BCUT2D eigenvalue weighted by Crippen LogP contribution is -2.28. The second-order valence-electron chi connectivity index (χ2n) is 5.13. The van der Waals surface area contributed by atoms with E-state index in [-0.39, 0.29) is 5.41 Å². The van der Waals surface area contributed by atoms with E-state index in [1.54, 1.807) is 6.20 Å². The molecule has 0 spiro atoms. The van der Waals surface area contributed by atoms with Crippen molar-refractivity contribution in [3.63, 3.8) is 0 Å². The van der Waals surface area contributed by atoms with Crippen LogP contribution < -0.4 is 5.32 Å². The molecule has 1 aliphatic heterocycles. The highest BCUT2D eigenvalue weighted by Gasteiger charge is 2.33. The van der Waals surface area contributed by atoms with Crippen LogP contribution in [0.15, 0.2) is 24.9 Å². The van der Waals surface area contributed by atoms with E-state index in [0.29, 0.717) is 0 Å². The third-order valence-corrected chi connectivity index (χ3v) is 3.74. The first-order valence-corrected chi connectivity index (χ1v) is 6.33. The molecule has 0 amide bonds. The molecule has 0 aliphatic carbocycles. The molecule has 0 saturated carbocycles. The van der Waals surface area contributed by atoms with Crippen LogP contribution in [0.25, 0.3) is 0 Å². The van der Waals surface area contributed by atoms with Gasteiger partial charge in [0.05, 0.1) is 19.1 Å². The number of hydrogen-bond acceptors (Lipinski definition) is 4. The molecule has 6 heteroatoms. The largest absolute Gasteiger partial charge is 0.332 e. The van der Waals surface area contributed by atoms with Crippen LogP contribution in [0.4, 0.5) is 0 Å². The second-order valence-corrected chi connectivity index (χ2v) is 5.13. The summed E-state index contributed by atoms with van der Waals surface area (Å²) in [4.78, 5) is 4.30. The van der Waals surface area contributed by atoms with Gasteiger partial charge >= 0.3 is 0 Å². The van der Waals surface area contributed by atoms with Gasteiger partial charge in [-0.1, -0.05) is 12.1 Å². The average Bonchev–Trinajstić information content (AvgIpc) is 3.08. The maximum absolute atomic E-state index is 4.30. The zero-order chi connectivity index (χ0) is 12.4. The number of aryl methyl sites for hydroxylation is 2. The molecule has 3 heterocycles. The van der Waals surface area contributed by atoms with Gasteiger partial charge in [-0.25, -0.2) is 4.98 Å². The molecular formula is C12H18N6. The Morgan fingerprint density at radius 3 is 3.11 bits per heavy atom. The molecular weight excluding hydrogens is 228 g/mol. The lowest BCUT2D eigenvalue weighted by molar-refractivity contribution is 0.446. The Kier molecular flexibility index (Phi) is 2.87. The standard InChI is InChI=1S/C12H18N6/c1-12(2-3-13-9-12)11-8-14-10-17(11)6-7-18-5-4-15-16-18/h4-5,8,10,13H,2-3,6-7,9H2,1H3. The molecule has 6 nitrogen and oxygen atoms in total. The van der Waals surface area contributed by atoms with E-state index >= 15 is 0 Å². The second kappa shape index (κ2) is 4.53. The van der Waals surface area contributed by atoms with Gasteiger partial charge in [-0.15, -0.1) is 5.10 Å². The summed E-state index contributed by atoms with van der Waals surface area (Å²) in [7, 11) is 0. The van der Waals surface area contributed by atoms with Crippen LogP contribution in [0.2, 0.25) is 0 Å². The quantitative estimate of drug-likeness (QED) is 0.849. The Morgan fingerprint density at radius 2 is 2.39 bits per heavy atom. The number of nitrogens with zero attached hydrogens (tertiary/aromatic N) is 5. The van der Waals surface area contributed by atoms with Gasteiger partial charge in [-0.3, -0.25) is 4.68 Å². The first-order valence-electron chi connectivity index (χ1n) is 6.33. The number of aromatic nitrogens is 5. The summed E-state index contributed by atoms with van der Waals surface area (Å²) in [5, 5.41) is 11.2. The van der Waals surface area contributed by atoms with Crippen molar-refractivity contribution in [3.05, 3.63) is 30.6 Å². The molecule has 1 unspecified atom stereocenters. The van der Waals surface area contributed by atoms with Crippen molar-refractivity contribution < 1.29 is 0 Å². The Hall–Kier alpha value is -1.69. The Morgan fingerprint density at radius 1 is 1.44 bits per heavy atom. The van der Waals surface area contributed by atoms with Crippen LogP contribution in [-0.2, 0) is 18.5 Å². The van der Waals surface area contributed by atoms with Crippen LogP contribution in [-0.4, -0.2) is 37.6 Å². The Balaban J connectivity index is 1.75. The molecule has 18 heavy (non-hydrogen) atoms. The van der Waals surface area contributed by atoms with Crippen LogP contribution >= 0.6 is 0 Å². The van der Waals surface area contributed by atoms with Crippen LogP contribution in [0.5, 0.6) is 0 Å². The summed E-state index contributed by atoms with van der Waals surface area (Å²) < 4.78 is 4.08. The van der Waals surface area contributed by atoms with Gasteiger partial charge in [0.1, 0.15) is 0 Å². The minimum Gasteiger partial charge on any atom is -0.332 e. The highest BCUT2D eigenvalue weighted by atomic mass is 15.4. The zero-order valence-corrected chi connectivity index (χ0v) is 10.6. The molecule has 1 atom stereocenters. The summed E-state index contributed by atoms with van der Waals surface area (Å²) in [5.41, 5.74) is 1.52. The molecule has 3 rings (SSSR count). The highest BCUT2D eigenvalue weighted by Crippen LogP contribution is 2.29. The zero-order valence-electron chi connectivity index (χ0n) is 10.6. The average molecular weight is 246 g/mol. The van der Waals surface area contributed by atoms with Crippen molar-refractivity contribution in [2.24, 2.45) is 0 Å². The molecule has 1 saturated heterocycles. The Bertz CT molecular complexity index is 494. The van der Waals surface area contributed by atoms with E-state index in [4.69, 9.17) is 0 Å². The van der Waals surface area contributed by atoms with Gasteiger partial charge in [0, 0.05) is 36.6 Å². The minimum atomic E-state index is 0.207. The van der Waals surface area contributed by atoms with E-state index in [1.807, 2.05) is 23.4 Å². The van der Waals surface area contributed by atoms with Gasteiger partial charge in [0.2, 0.25) is 0 Å². The molecule has 2 aromatic heterocycles. The molecule has 0 radical (unpaired) electrons. The molecule has 2 aromatic rings. The summed E-state index contributed by atoms with van der Waals surface area (Å²) in [6, 6.07) is 0. The molecule has 96 valence electrons. The van der Waals surface area contributed by atoms with E-state index in [9.17, 15) is 0 Å². The van der Waals surface area contributed by atoms with Crippen LogP contribution in [0, 0.1) is 0 Å². The Labute approximate surface area is 106 Å². The van der Waals surface area contributed by atoms with Crippen molar-refractivity contribution in [2.45, 2.75) is 31.8 Å². The van der Waals surface area contributed by atoms with Crippen molar-refractivity contribution in [1.82, 2.24) is 29.9 Å². The molecule has 1 N–H and O–H groups in total. The van der Waals surface area contributed by atoms with Crippen LogP contribution in [0.3, 0.4) is 0 Å². The van der Waals surface area contributed by atoms with Gasteiger partial charge in [-0.05, 0) is 13.0 Å². The summed E-state index contributed by atoms with van der Waals surface area (Å²) in [6.07, 6.45) is 8.67. The number of hydrogen-bond donors (Lipinski definition) is 1. The first-order chi connectivity index (χ1) is 8.78. The maximum atomic E-state index is 4.30. The van der Waals surface area contributed by atoms with Crippen molar-refractivity contribution in [3.8, 4) is 0 Å². The predicted molar refractivity (Wildman–Crippen MR) is 67.1 cm³/mol. The lowest BCUT2D eigenvalue weighted by Gasteiger charge is -2.24. The molecule has 1 aliphatic rings. The van der Waals surface area contributed by atoms with Crippen LogP contribution in [0.1, 0.15) is 19.0 Å². The topological polar surface area (TPSA) is 60.6 Å². The molecule has 0 bridgehead atoms.